The average molecular weight is 446 g/mol. The number of esters is 1. The van der Waals surface area contributed by atoms with Crippen molar-refractivity contribution in [3.63, 3.8) is 0 Å². The predicted molar refractivity (Wildman–Crippen MR) is 120 cm³/mol. The molecule has 0 fully saturated rings. The Bertz CT molecular complexity index is 916. The second kappa shape index (κ2) is 11.2. The van der Waals surface area contributed by atoms with E-state index in [0.717, 1.165) is 5.56 Å². The smallest absolute Gasteiger partial charge is 0.303 e. The van der Waals surface area contributed by atoms with Crippen LogP contribution in [0.3, 0.4) is 0 Å². The van der Waals surface area contributed by atoms with Gasteiger partial charge in [0.25, 0.3) is 0 Å². The average Bonchev–Trinajstić information content (AvgIpc) is 2.78. The standard InChI is InChI=1S/C24H30O8/c1-8-9-16-10-20(29-6)24(21(11-16)30-7)31-14(2)23(32-15(3)25)17-12-18(27-4)22(26)19(13-17)28-5/h8-14,23,26H,1-7H3/b9-8+/t14-,23+/m0/s1. The van der Waals surface area contributed by atoms with Gasteiger partial charge in [0.15, 0.2) is 29.1 Å². The molecule has 0 bridgehead atoms. The summed E-state index contributed by atoms with van der Waals surface area (Å²) in [6, 6.07) is 6.76. The fraction of sp³-hybridized carbons (Fsp3) is 0.375. The number of rotatable bonds is 10. The summed E-state index contributed by atoms with van der Waals surface area (Å²) < 4.78 is 33.2. The summed E-state index contributed by atoms with van der Waals surface area (Å²) in [5.74, 6) is 0.990. The minimum absolute atomic E-state index is 0.156. The minimum atomic E-state index is -0.847. The van der Waals surface area contributed by atoms with E-state index >= 15 is 0 Å². The number of benzene rings is 2. The van der Waals surface area contributed by atoms with Crippen LogP contribution in [0.5, 0.6) is 34.5 Å². The fourth-order valence-corrected chi connectivity index (χ4v) is 3.24. The quantitative estimate of drug-likeness (QED) is 0.532. The summed E-state index contributed by atoms with van der Waals surface area (Å²) in [5.41, 5.74) is 1.40. The number of phenolic OH excluding ortho intramolecular Hbond substituents is 1. The maximum absolute atomic E-state index is 11.9. The maximum atomic E-state index is 11.9. The summed E-state index contributed by atoms with van der Waals surface area (Å²) in [6.07, 6.45) is 2.29. The van der Waals surface area contributed by atoms with E-state index in [1.165, 1.54) is 35.4 Å². The Hall–Kier alpha value is -3.55. The second-order valence-electron chi connectivity index (χ2n) is 6.88. The summed E-state index contributed by atoms with van der Waals surface area (Å²) >= 11 is 0. The Morgan fingerprint density at radius 3 is 1.81 bits per heavy atom. The molecule has 1 N–H and O–H groups in total. The van der Waals surface area contributed by atoms with Crippen molar-refractivity contribution in [1.29, 1.82) is 0 Å². The van der Waals surface area contributed by atoms with Gasteiger partial charge in [-0.15, -0.1) is 0 Å². The number of aromatic hydroxyl groups is 1. The van der Waals surface area contributed by atoms with E-state index in [9.17, 15) is 9.90 Å². The lowest BCUT2D eigenvalue weighted by atomic mass is 10.0. The Kier molecular flexibility index (Phi) is 8.63. The molecule has 8 nitrogen and oxygen atoms in total. The molecule has 0 unspecified atom stereocenters. The molecule has 0 saturated heterocycles. The Morgan fingerprint density at radius 1 is 0.906 bits per heavy atom. The van der Waals surface area contributed by atoms with Crippen molar-refractivity contribution in [2.24, 2.45) is 0 Å². The second-order valence-corrected chi connectivity index (χ2v) is 6.88. The molecule has 2 aromatic carbocycles. The third-order valence-corrected chi connectivity index (χ3v) is 4.70. The third-order valence-electron chi connectivity index (χ3n) is 4.70. The number of phenols is 1. The molecule has 2 aromatic rings. The highest BCUT2D eigenvalue weighted by molar-refractivity contribution is 5.67. The molecular weight excluding hydrogens is 416 g/mol. The first-order valence-corrected chi connectivity index (χ1v) is 9.96. The van der Waals surface area contributed by atoms with Crippen LogP contribution in [-0.2, 0) is 9.53 Å². The topological polar surface area (TPSA) is 92.7 Å². The lowest BCUT2D eigenvalue weighted by Crippen LogP contribution is -2.26. The van der Waals surface area contributed by atoms with Gasteiger partial charge in [-0.2, -0.15) is 0 Å². The van der Waals surface area contributed by atoms with Crippen LogP contribution in [0.1, 0.15) is 38.0 Å². The normalized spacial score (nSPS) is 12.7. The van der Waals surface area contributed by atoms with Gasteiger partial charge < -0.3 is 33.5 Å². The lowest BCUT2D eigenvalue weighted by molar-refractivity contribution is -0.151. The Labute approximate surface area is 188 Å². The van der Waals surface area contributed by atoms with Crippen LogP contribution in [0.2, 0.25) is 0 Å². The molecule has 174 valence electrons. The molecule has 2 rings (SSSR count). The zero-order chi connectivity index (χ0) is 23.8. The highest BCUT2D eigenvalue weighted by Gasteiger charge is 2.29. The summed E-state index contributed by atoms with van der Waals surface area (Å²) in [5, 5.41) is 10.2. The molecule has 0 radical (unpaired) electrons. The van der Waals surface area contributed by atoms with Crippen LogP contribution in [0.4, 0.5) is 0 Å². The van der Waals surface area contributed by atoms with Crippen molar-refractivity contribution in [2.45, 2.75) is 33.0 Å². The highest BCUT2D eigenvalue weighted by atomic mass is 16.6. The number of methoxy groups -OCH3 is 4. The maximum Gasteiger partial charge on any atom is 0.303 e. The largest absolute Gasteiger partial charge is 0.502 e. The molecule has 2 atom stereocenters. The van der Waals surface area contributed by atoms with Gasteiger partial charge in [-0.05, 0) is 43.7 Å². The summed E-state index contributed by atoms with van der Waals surface area (Å²) in [6.45, 7) is 4.97. The molecule has 0 amide bonds. The minimum Gasteiger partial charge on any atom is -0.502 e. The third kappa shape index (κ3) is 5.57. The number of hydrogen-bond acceptors (Lipinski definition) is 8. The Balaban J connectivity index is 2.52. The number of ether oxygens (including phenoxy) is 6. The van der Waals surface area contributed by atoms with Gasteiger partial charge in [-0.25, -0.2) is 0 Å². The number of hydrogen-bond donors (Lipinski definition) is 1. The summed E-state index contributed by atoms with van der Waals surface area (Å²) in [7, 11) is 5.90. The lowest BCUT2D eigenvalue weighted by Gasteiger charge is -2.27. The van der Waals surface area contributed by atoms with Crippen molar-refractivity contribution >= 4 is 12.0 Å². The molecule has 8 heteroatoms. The number of carbonyl (C=O) groups excluding carboxylic acids is 1. The molecular formula is C24H30O8. The van der Waals surface area contributed by atoms with E-state index in [1.807, 2.05) is 31.2 Å². The molecule has 0 spiro atoms. The van der Waals surface area contributed by atoms with Crippen molar-refractivity contribution in [3.8, 4) is 34.5 Å². The first-order chi connectivity index (χ1) is 15.3. The van der Waals surface area contributed by atoms with E-state index in [4.69, 9.17) is 28.4 Å². The summed E-state index contributed by atoms with van der Waals surface area (Å²) in [4.78, 5) is 11.9. The molecule has 32 heavy (non-hydrogen) atoms. The van der Waals surface area contributed by atoms with Gasteiger partial charge in [0.05, 0.1) is 28.4 Å². The first kappa shape index (κ1) is 24.7. The van der Waals surface area contributed by atoms with Crippen molar-refractivity contribution in [2.75, 3.05) is 28.4 Å². The number of carbonyl (C=O) groups is 1. The van der Waals surface area contributed by atoms with Crippen LogP contribution < -0.4 is 23.7 Å². The molecule has 0 saturated carbocycles. The zero-order valence-electron chi connectivity index (χ0n) is 19.4. The molecule has 0 aromatic heterocycles. The van der Waals surface area contributed by atoms with Crippen LogP contribution in [0, 0.1) is 0 Å². The first-order valence-electron chi connectivity index (χ1n) is 9.96. The monoisotopic (exact) mass is 446 g/mol. The number of allylic oxidation sites excluding steroid dienone is 1. The highest BCUT2D eigenvalue weighted by Crippen LogP contribution is 2.43. The fourth-order valence-electron chi connectivity index (χ4n) is 3.24. The van der Waals surface area contributed by atoms with Gasteiger partial charge in [0.1, 0.15) is 6.10 Å². The van der Waals surface area contributed by atoms with Crippen LogP contribution >= 0.6 is 0 Å². The van der Waals surface area contributed by atoms with Crippen molar-refractivity contribution in [1.82, 2.24) is 0 Å². The van der Waals surface area contributed by atoms with Crippen molar-refractivity contribution < 1.29 is 38.3 Å². The van der Waals surface area contributed by atoms with Gasteiger partial charge in [0.2, 0.25) is 11.5 Å². The molecule has 0 aliphatic carbocycles. The van der Waals surface area contributed by atoms with E-state index < -0.39 is 18.2 Å². The Morgan fingerprint density at radius 2 is 1.41 bits per heavy atom. The molecule has 0 aliphatic heterocycles. The molecule has 0 heterocycles. The van der Waals surface area contributed by atoms with Gasteiger partial charge >= 0.3 is 5.97 Å². The van der Waals surface area contributed by atoms with Crippen molar-refractivity contribution in [3.05, 3.63) is 41.5 Å². The molecule has 0 aliphatic rings. The van der Waals surface area contributed by atoms with Crippen LogP contribution in [0.25, 0.3) is 6.08 Å². The predicted octanol–water partition coefficient (Wildman–Crippen LogP) is 4.53. The van der Waals surface area contributed by atoms with Gasteiger partial charge in [0, 0.05) is 12.5 Å². The zero-order valence-corrected chi connectivity index (χ0v) is 19.4. The van der Waals surface area contributed by atoms with E-state index in [2.05, 4.69) is 0 Å². The van der Waals surface area contributed by atoms with Gasteiger partial charge in [-0.3, -0.25) is 4.79 Å². The van der Waals surface area contributed by atoms with Crippen LogP contribution in [-0.4, -0.2) is 45.6 Å². The van der Waals surface area contributed by atoms with E-state index in [0.29, 0.717) is 22.8 Å². The van der Waals surface area contributed by atoms with Gasteiger partial charge in [-0.1, -0.05) is 12.2 Å². The van der Waals surface area contributed by atoms with Crippen LogP contribution in [0.15, 0.2) is 30.3 Å². The van der Waals surface area contributed by atoms with E-state index in [-0.39, 0.29) is 17.2 Å². The van der Waals surface area contributed by atoms with E-state index in [1.54, 1.807) is 19.1 Å². The SMILES string of the molecule is C/C=C/c1cc(OC)c(O[C@@H](C)[C@@H](OC(C)=O)c2cc(OC)c(O)c(OC)c2)c(OC)c1.